The minimum Gasteiger partial charge on any atom is -0.490 e. The summed E-state index contributed by atoms with van der Waals surface area (Å²) in [6.07, 6.45) is 2.46. The van der Waals surface area contributed by atoms with Crippen LogP contribution in [0.1, 0.15) is 49.9 Å². The summed E-state index contributed by atoms with van der Waals surface area (Å²) in [5, 5.41) is 16.6. The Balaban J connectivity index is 1.33. The number of thiazole rings is 1. The number of nitrogens with zero attached hydrogens (tertiary/aromatic N) is 5. The Bertz CT molecular complexity index is 1910. The second-order valence-electron chi connectivity index (χ2n) is 12.5. The maximum absolute atomic E-state index is 12.6. The number of benzene rings is 2. The van der Waals surface area contributed by atoms with Crippen LogP contribution in [0.15, 0.2) is 58.9 Å². The minimum absolute atomic E-state index is 0.0102. The molecule has 1 saturated heterocycles. The van der Waals surface area contributed by atoms with E-state index in [1.54, 1.807) is 23.5 Å². The smallest absolute Gasteiger partial charge is 0.328 e. The SMILES string of the molecule is [C-]#[N+]c1c(N2CCCC2)nc(SCc2csc(-c3ccc(C)cc3)n2)c(C#N)c1-c1ccc(OCCOC(=O)[C@H](CC(C)C)NC(=O)CN)cc1. The van der Waals surface area contributed by atoms with Crippen molar-refractivity contribution in [3.05, 3.63) is 82.1 Å². The molecule has 1 amide bonds. The number of aryl methyl sites for hydroxylation is 1. The van der Waals surface area contributed by atoms with Crippen LogP contribution in [0.4, 0.5) is 11.5 Å². The third-order valence-corrected chi connectivity index (χ3v) is 10.2. The Morgan fingerprint density at radius 2 is 1.80 bits per heavy atom. The Kier molecular flexibility index (Phi) is 13.0. The van der Waals surface area contributed by atoms with Gasteiger partial charge in [-0.25, -0.2) is 19.6 Å². The van der Waals surface area contributed by atoms with Gasteiger partial charge in [-0.15, -0.1) is 11.3 Å². The van der Waals surface area contributed by atoms with Crippen molar-refractivity contribution in [2.75, 3.05) is 37.7 Å². The van der Waals surface area contributed by atoms with E-state index < -0.39 is 17.9 Å². The number of hydrogen-bond donors (Lipinski definition) is 2. The van der Waals surface area contributed by atoms with Crippen LogP contribution >= 0.6 is 23.1 Å². The van der Waals surface area contributed by atoms with Crippen molar-refractivity contribution in [2.45, 2.75) is 56.9 Å². The Morgan fingerprint density at radius 3 is 2.45 bits per heavy atom. The minimum atomic E-state index is -0.780. The number of carbonyl (C=O) groups is 2. The lowest BCUT2D eigenvalue weighted by molar-refractivity contribution is -0.149. The first-order chi connectivity index (χ1) is 24.7. The van der Waals surface area contributed by atoms with Gasteiger partial charge in [0.15, 0.2) is 0 Å². The van der Waals surface area contributed by atoms with Crippen LogP contribution in [0.5, 0.6) is 5.75 Å². The van der Waals surface area contributed by atoms with Crippen LogP contribution in [0.25, 0.3) is 26.5 Å². The van der Waals surface area contributed by atoms with Crippen LogP contribution in [0.3, 0.4) is 0 Å². The lowest BCUT2D eigenvalue weighted by Gasteiger charge is -2.22. The van der Waals surface area contributed by atoms with Crippen LogP contribution in [-0.4, -0.2) is 60.7 Å². The molecule has 1 fully saturated rings. The second-order valence-corrected chi connectivity index (χ2v) is 14.4. The van der Waals surface area contributed by atoms with E-state index in [0.29, 0.717) is 51.1 Å². The van der Waals surface area contributed by atoms with E-state index in [9.17, 15) is 14.9 Å². The molecular weight excluding hydrogens is 683 g/mol. The molecule has 0 aliphatic carbocycles. The fraction of sp³-hybridized carbons (Fsp3) is 0.368. The van der Waals surface area contributed by atoms with Gasteiger partial charge in [-0.05, 0) is 49.8 Å². The number of aromatic nitrogens is 2. The van der Waals surface area contributed by atoms with Crippen LogP contribution in [-0.2, 0) is 20.1 Å². The summed E-state index contributed by atoms with van der Waals surface area (Å²) in [5.74, 6) is 0.853. The van der Waals surface area contributed by atoms with Crippen LogP contribution < -0.4 is 20.7 Å². The number of carbonyl (C=O) groups excluding carboxylic acids is 2. The van der Waals surface area contributed by atoms with Crippen molar-refractivity contribution in [2.24, 2.45) is 11.7 Å². The largest absolute Gasteiger partial charge is 0.490 e. The molecule has 1 atom stereocenters. The van der Waals surface area contributed by atoms with Gasteiger partial charge < -0.3 is 25.4 Å². The summed E-state index contributed by atoms with van der Waals surface area (Å²) >= 11 is 3.04. The van der Waals surface area contributed by atoms with Crippen molar-refractivity contribution < 1.29 is 19.1 Å². The Morgan fingerprint density at radius 1 is 1.10 bits per heavy atom. The number of thioether (sulfide) groups is 1. The third-order valence-electron chi connectivity index (χ3n) is 8.21. The Hall–Kier alpha value is -4.95. The van der Waals surface area contributed by atoms with Gasteiger partial charge in [-0.3, -0.25) is 4.79 Å². The first-order valence-electron chi connectivity index (χ1n) is 16.8. The van der Waals surface area contributed by atoms with Crippen molar-refractivity contribution >= 4 is 46.5 Å². The zero-order chi connectivity index (χ0) is 36.3. The quantitative estimate of drug-likeness (QED) is 0.0574. The maximum Gasteiger partial charge on any atom is 0.328 e. The number of ether oxygens (including phenoxy) is 2. The average molecular weight is 724 g/mol. The molecular formula is C38H41N7O4S2. The molecule has 51 heavy (non-hydrogen) atoms. The van der Waals surface area contributed by atoms with Crippen molar-refractivity contribution in [3.63, 3.8) is 0 Å². The highest BCUT2D eigenvalue weighted by Crippen LogP contribution is 2.45. The highest BCUT2D eigenvalue weighted by Gasteiger charge is 2.27. The standard InChI is InChI=1S/C38H41N7O4S2/c1-24(2)19-31(43-32(46)21-40)38(47)49-18-17-48-29-13-11-26(12-14-29)33-30(20-39)37(44-35(34(33)41-4)45-15-5-6-16-45)51-23-28-22-50-36(42-28)27-9-7-25(3)8-10-27/h7-14,22,24,31H,5-6,15-19,21,23,40H2,1-3H3,(H,43,46)/t31-/m0/s1. The summed E-state index contributed by atoms with van der Waals surface area (Å²) in [6.45, 7) is 15.6. The highest BCUT2D eigenvalue weighted by atomic mass is 32.2. The van der Waals surface area contributed by atoms with Gasteiger partial charge in [-0.2, -0.15) is 5.26 Å². The molecule has 3 N–H and O–H groups in total. The average Bonchev–Trinajstić information content (AvgIpc) is 3.85. The lowest BCUT2D eigenvalue weighted by Crippen LogP contribution is -2.45. The molecule has 0 spiro atoms. The number of pyridine rings is 1. The highest BCUT2D eigenvalue weighted by molar-refractivity contribution is 7.98. The van der Waals surface area contributed by atoms with E-state index >= 15 is 0 Å². The van der Waals surface area contributed by atoms with Gasteiger partial charge in [0.05, 0.1) is 24.4 Å². The number of amides is 1. The van der Waals surface area contributed by atoms with E-state index in [2.05, 4.69) is 52.3 Å². The molecule has 1 aliphatic rings. The van der Waals surface area contributed by atoms with Crippen molar-refractivity contribution in [3.8, 4) is 33.5 Å². The number of rotatable bonds is 15. The predicted molar refractivity (Wildman–Crippen MR) is 201 cm³/mol. The topological polar surface area (TPSA) is 148 Å². The molecule has 0 radical (unpaired) electrons. The first kappa shape index (κ1) is 37.3. The van der Waals surface area contributed by atoms with Gasteiger partial charge in [-0.1, -0.05) is 67.6 Å². The maximum atomic E-state index is 12.6. The van der Waals surface area contributed by atoms with Gasteiger partial charge in [0.1, 0.15) is 46.9 Å². The lowest BCUT2D eigenvalue weighted by atomic mass is 9.99. The van der Waals surface area contributed by atoms with E-state index in [-0.39, 0.29) is 25.7 Å². The number of hydrogen-bond acceptors (Lipinski definition) is 11. The Labute approximate surface area is 307 Å². The predicted octanol–water partition coefficient (Wildman–Crippen LogP) is 6.91. The molecule has 2 aromatic carbocycles. The van der Waals surface area contributed by atoms with Gasteiger partial charge in [0, 0.05) is 35.3 Å². The second kappa shape index (κ2) is 17.8. The summed E-state index contributed by atoms with van der Waals surface area (Å²) in [7, 11) is 0. The van der Waals surface area contributed by atoms with E-state index in [1.807, 2.05) is 31.4 Å². The molecule has 5 rings (SSSR count). The fourth-order valence-corrected chi connectivity index (χ4v) is 7.50. The number of esters is 1. The normalized spacial score (nSPS) is 13.0. The molecule has 2 aromatic heterocycles. The van der Waals surface area contributed by atoms with Gasteiger partial charge in [0.25, 0.3) is 0 Å². The number of nitriles is 1. The fourth-order valence-electron chi connectivity index (χ4n) is 5.69. The summed E-state index contributed by atoms with van der Waals surface area (Å²) in [6, 6.07) is 17.0. The van der Waals surface area contributed by atoms with Crippen LogP contribution in [0.2, 0.25) is 0 Å². The molecule has 0 saturated carbocycles. The molecule has 264 valence electrons. The van der Waals surface area contributed by atoms with Crippen LogP contribution in [0, 0.1) is 30.7 Å². The number of anilines is 1. The zero-order valence-corrected chi connectivity index (χ0v) is 30.6. The van der Waals surface area contributed by atoms with E-state index in [1.165, 1.54) is 17.3 Å². The molecule has 3 heterocycles. The monoisotopic (exact) mass is 723 g/mol. The van der Waals surface area contributed by atoms with E-state index in [0.717, 1.165) is 42.2 Å². The summed E-state index contributed by atoms with van der Waals surface area (Å²) in [5.41, 5.74) is 10.5. The van der Waals surface area contributed by atoms with Gasteiger partial charge in [0.2, 0.25) is 11.6 Å². The van der Waals surface area contributed by atoms with Gasteiger partial charge >= 0.3 is 5.97 Å². The number of nitrogens with two attached hydrogens (primary N) is 1. The molecule has 11 nitrogen and oxygen atoms in total. The first-order valence-corrected chi connectivity index (χ1v) is 18.7. The molecule has 4 aromatic rings. The molecule has 0 unspecified atom stereocenters. The molecule has 0 bridgehead atoms. The van der Waals surface area contributed by atoms with Crippen molar-refractivity contribution in [1.29, 1.82) is 5.26 Å². The molecule has 13 heteroatoms. The van der Waals surface area contributed by atoms with Crippen molar-refractivity contribution in [1.82, 2.24) is 15.3 Å². The third kappa shape index (κ3) is 9.64. The molecule has 1 aliphatic heterocycles. The summed E-state index contributed by atoms with van der Waals surface area (Å²) in [4.78, 5) is 40.2. The number of nitrogens with one attached hydrogen (secondary N) is 1. The van der Waals surface area contributed by atoms with E-state index in [4.69, 9.17) is 31.7 Å². The zero-order valence-electron chi connectivity index (χ0n) is 29.0. The summed E-state index contributed by atoms with van der Waals surface area (Å²) < 4.78 is 11.2.